The Morgan fingerprint density at radius 2 is 1.78 bits per heavy atom. The first-order chi connectivity index (χ1) is 10.7. The second kappa shape index (κ2) is 6.52. The zero-order valence-corrected chi connectivity index (χ0v) is 14.0. The topological polar surface area (TPSA) is 80.3 Å². The number of anilines is 1. The molecule has 0 aliphatic heterocycles. The molecule has 0 fully saturated rings. The van der Waals surface area contributed by atoms with E-state index in [1.807, 2.05) is 0 Å². The third kappa shape index (κ3) is 4.18. The molecule has 0 bridgehead atoms. The van der Waals surface area contributed by atoms with Gasteiger partial charge in [0.05, 0.1) is 9.92 Å². The molecule has 0 aromatic heterocycles. The van der Waals surface area contributed by atoms with Gasteiger partial charge in [-0.3, -0.25) is 9.59 Å². The monoisotopic (exact) mass is 351 g/mol. The van der Waals surface area contributed by atoms with E-state index in [0.717, 1.165) is 6.26 Å². The van der Waals surface area contributed by atoms with Crippen LogP contribution in [0.5, 0.6) is 0 Å². The number of sulfone groups is 1. The maximum Gasteiger partial charge on any atom is 0.255 e. The van der Waals surface area contributed by atoms with Crippen molar-refractivity contribution in [2.24, 2.45) is 0 Å². The van der Waals surface area contributed by atoms with E-state index in [-0.39, 0.29) is 21.3 Å². The Kier molecular flexibility index (Phi) is 4.87. The van der Waals surface area contributed by atoms with Gasteiger partial charge in [0.2, 0.25) is 0 Å². The normalized spacial score (nSPS) is 11.1. The molecule has 7 heteroatoms. The van der Waals surface area contributed by atoms with Gasteiger partial charge >= 0.3 is 0 Å². The Morgan fingerprint density at radius 3 is 2.35 bits per heavy atom. The van der Waals surface area contributed by atoms with Crippen molar-refractivity contribution in [1.29, 1.82) is 0 Å². The fraction of sp³-hybridized carbons (Fsp3) is 0.125. The number of amides is 1. The summed E-state index contributed by atoms with van der Waals surface area (Å²) < 4.78 is 23.1. The molecule has 0 radical (unpaired) electrons. The van der Waals surface area contributed by atoms with Crippen LogP contribution < -0.4 is 5.32 Å². The van der Waals surface area contributed by atoms with E-state index in [1.165, 1.54) is 43.3 Å². The highest BCUT2D eigenvalue weighted by Gasteiger charge is 2.13. The van der Waals surface area contributed by atoms with Crippen LogP contribution in [0.3, 0.4) is 0 Å². The van der Waals surface area contributed by atoms with Crippen molar-refractivity contribution in [3.8, 4) is 0 Å². The average Bonchev–Trinajstić information content (AvgIpc) is 2.46. The lowest BCUT2D eigenvalue weighted by Gasteiger charge is -2.08. The van der Waals surface area contributed by atoms with Crippen LogP contribution in [-0.2, 0) is 9.84 Å². The van der Waals surface area contributed by atoms with Gasteiger partial charge in [-0.25, -0.2) is 8.42 Å². The number of carbonyl (C=O) groups is 2. The first-order valence-electron chi connectivity index (χ1n) is 6.60. The minimum absolute atomic E-state index is 0.0649. The van der Waals surface area contributed by atoms with Crippen molar-refractivity contribution in [1.82, 2.24) is 0 Å². The van der Waals surface area contributed by atoms with Gasteiger partial charge in [0, 0.05) is 23.1 Å². The lowest BCUT2D eigenvalue weighted by Crippen LogP contribution is -2.13. The minimum atomic E-state index is -3.39. The second-order valence-corrected chi connectivity index (χ2v) is 7.43. The number of Topliss-reactive ketones (excluding diaryl/α,β-unsaturated/α-hetero) is 1. The zero-order chi connectivity index (χ0) is 17.2. The number of benzene rings is 2. The van der Waals surface area contributed by atoms with E-state index in [4.69, 9.17) is 11.6 Å². The summed E-state index contributed by atoms with van der Waals surface area (Å²) in [6.45, 7) is 1.40. The summed E-state index contributed by atoms with van der Waals surface area (Å²) >= 11 is 5.99. The van der Waals surface area contributed by atoms with Crippen LogP contribution in [0.15, 0.2) is 47.4 Å². The molecule has 2 rings (SSSR count). The summed E-state index contributed by atoms with van der Waals surface area (Å²) in [5.41, 5.74) is 0.984. The summed E-state index contributed by atoms with van der Waals surface area (Å²) in [6.07, 6.45) is 1.07. The zero-order valence-electron chi connectivity index (χ0n) is 12.5. The standard InChI is InChI=1S/C16H14ClNO4S/c1-10(19)14-7-6-12(9-15(14)17)18-16(20)11-4-3-5-13(8-11)23(2,21)22/h3-9H,1-2H3,(H,18,20). The first-order valence-corrected chi connectivity index (χ1v) is 8.87. The van der Waals surface area contributed by atoms with Gasteiger partial charge in [0.1, 0.15) is 0 Å². The largest absolute Gasteiger partial charge is 0.322 e. The smallest absolute Gasteiger partial charge is 0.255 e. The van der Waals surface area contributed by atoms with Gasteiger partial charge < -0.3 is 5.32 Å². The molecule has 0 unspecified atom stereocenters. The summed E-state index contributed by atoms with van der Waals surface area (Å²) in [5.74, 6) is -0.643. The fourth-order valence-electron chi connectivity index (χ4n) is 1.95. The third-order valence-corrected chi connectivity index (χ3v) is 4.55. The van der Waals surface area contributed by atoms with Crippen molar-refractivity contribution in [2.75, 3.05) is 11.6 Å². The number of nitrogens with one attached hydrogen (secondary N) is 1. The molecule has 1 N–H and O–H groups in total. The number of hydrogen-bond acceptors (Lipinski definition) is 4. The second-order valence-electron chi connectivity index (χ2n) is 5.00. The third-order valence-electron chi connectivity index (χ3n) is 3.13. The average molecular weight is 352 g/mol. The Balaban J connectivity index is 2.26. The Bertz CT molecular complexity index is 891. The van der Waals surface area contributed by atoms with E-state index >= 15 is 0 Å². The summed E-state index contributed by atoms with van der Waals surface area (Å²) in [4.78, 5) is 23.6. The number of ketones is 1. The molecule has 0 spiro atoms. The van der Waals surface area contributed by atoms with Crippen LogP contribution >= 0.6 is 11.6 Å². The highest BCUT2D eigenvalue weighted by atomic mass is 35.5. The van der Waals surface area contributed by atoms with Crippen LogP contribution in [-0.4, -0.2) is 26.4 Å². The molecule has 0 heterocycles. The summed E-state index contributed by atoms with van der Waals surface area (Å²) in [5, 5.41) is 2.85. The van der Waals surface area contributed by atoms with Crippen LogP contribution in [0, 0.1) is 0 Å². The van der Waals surface area contributed by atoms with Gasteiger partial charge in [0.15, 0.2) is 15.6 Å². The Hall–Kier alpha value is -2.18. The number of carbonyl (C=O) groups excluding carboxylic acids is 2. The molecule has 23 heavy (non-hydrogen) atoms. The van der Waals surface area contributed by atoms with Crippen LogP contribution in [0.1, 0.15) is 27.6 Å². The van der Waals surface area contributed by atoms with Crippen LogP contribution in [0.4, 0.5) is 5.69 Å². The Morgan fingerprint density at radius 1 is 1.09 bits per heavy atom. The van der Waals surface area contributed by atoms with Crippen LogP contribution in [0.25, 0.3) is 0 Å². The molecule has 0 atom stereocenters. The molecular weight excluding hydrogens is 338 g/mol. The van der Waals surface area contributed by atoms with E-state index in [1.54, 1.807) is 6.07 Å². The maximum atomic E-state index is 12.2. The number of rotatable bonds is 4. The highest BCUT2D eigenvalue weighted by Crippen LogP contribution is 2.22. The molecule has 1 amide bonds. The summed E-state index contributed by atoms with van der Waals surface area (Å²) in [7, 11) is -3.39. The number of halogens is 1. The fourth-order valence-corrected chi connectivity index (χ4v) is 2.93. The van der Waals surface area contributed by atoms with Crippen molar-refractivity contribution >= 4 is 38.8 Å². The van der Waals surface area contributed by atoms with Gasteiger partial charge in [0.25, 0.3) is 5.91 Å². The molecule has 120 valence electrons. The molecule has 0 saturated carbocycles. The highest BCUT2D eigenvalue weighted by molar-refractivity contribution is 7.90. The maximum absolute atomic E-state index is 12.2. The minimum Gasteiger partial charge on any atom is -0.322 e. The van der Waals surface area contributed by atoms with Gasteiger partial charge in [-0.2, -0.15) is 0 Å². The van der Waals surface area contributed by atoms with E-state index in [2.05, 4.69) is 5.32 Å². The van der Waals surface area contributed by atoms with Crippen molar-refractivity contribution in [3.63, 3.8) is 0 Å². The number of hydrogen-bond donors (Lipinski definition) is 1. The molecule has 0 aliphatic carbocycles. The van der Waals surface area contributed by atoms with Crippen LogP contribution in [0.2, 0.25) is 5.02 Å². The van der Waals surface area contributed by atoms with Crippen molar-refractivity contribution < 1.29 is 18.0 Å². The molecular formula is C16H14ClNO4S. The molecule has 0 aliphatic rings. The van der Waals surface area contributed by atoms with E-state index < -0.39 is 15.7 Å². The Labute approximate surface area is 139 Å². The molecule has 2 aromatic rings. The molecule has 5 nitrogen and oxygen atoms in total. The van der Waals surface area contributed by atoms with E-state index in [9.17, 15) is 18.0 Å². The van der Waals surface area contributed by atoms with Crippen molar-refractivity contribution in [2.45, 2.75) is 11.8 Å². The van der Waals surface area contributed by atoms with Gasteiger partial charge in [-0.1, -0.05) is 17.7 Å². The first kappa shape index (κ1) is 17.2. The predicted octanol–water partition coefficient (Wildman–Crippen LogP) is 3.20. The molecule has 2 aromatic carbocycles. The molecule has 0 saturated heterocycles. The summed E-state index contributed by atoms with van der Waals surface area (Å²) in [6, 6.07) is 10.3. The predicted molar refractivity (Wildman–Crippen MR) is 89.0 cm³/mol. The van der Waals surface area contributed by atoms with Crippen molar-refractivity contribution in [3.05, 3.63) is 58.6 Å². The lowest BCUT2D eigenvalue weighted by molar-refractivity contribution is 0.101. The quantitative estimate of drug-likeness (QED) is 0.858. The van der Waals surface area contributed by atoms with Gasteiger partial charge in [-0.05, 0) is 43.3 Å². The SMILES string of the molecule is CC(=O)c1ccc(NC(=O)c2cccc(S(C)(=O)=O)c2)cc1Cl. The van der Waals surface area contributed by atoms with Gasteiger partial charge in [-0.15, -0.1) is 0 Å². The van der Waals surface area contributed by atoms with E-state index in [0.29, 0.717) is 11.3 Å². The lowest BCUT2D eigenvalue weighted by atomic mass is 10.1.